The van der Waals surface area contributed by atoms with E-state index in [1.54, 1.807) is 13.1 Å². The van der Waals surface area contributed by atoms with Crippen LogP contribution in [0.3, 0.4) is 0 Å². The van der Waals surface area contributed by atoms with Crippen LogP contribution in [0.4, 0.5) is 5.95 Å². The molecule has 0 saturated carbocycles. The van der Waals surface area contributed by atoms with Gasteiger partial charge in [-0.05, 0) is 26.7 Å². The lowest BCUT2D eigenvalue weighted by Crippen LogP contribution is -2.38. The van der Waals surface area contributed by atoms with Gasteiger partial charge in [-0.2, -0.15) is 0 Å². The lowest BCUT2D eigenvalue weighted by molar-refractivity contribution is -0.148. The Morgan fingerprint density at radius 1 is 1.53 bits per heavy atom. The van der Waals surface area contributed by atoms with Crippen LogP contribution in [0.15, 0.2) is 11.0 Å². The third-order valence-corrected chi connectivity index (χ3v) is 3.38. The Kier molecular flexibility index (Phi) is 4.19. The van der Waals surface area contributed by atoms with Gasteiger partial charge in [0.15, 0.2) is 0 Å². The molecule has 0 radical (unpaired) electrons. The summed E-state index contributed by atoms with van der Waals surface area (Å²) in [7, 11) is 0. The van der Waals surface area contributed by atoms with E-state index < -0.39 is 0 Å². The molecule has 1 N–H and O–H groups in total. The molecule has 0 aromatic carbocycles. The first-order valence-corrected chi connectivity index (χ1v) is 6.59. The summed E-state index contributed by atoms with van der Waals surface area (Å²) >= 11 is 0. The Balaban J connectivity index is 1.98. The Morgan fingerprint density at radius 2 is 2.21 bits per heavy atom. The van der Waals surface area contributed by atoms with Gasteiger partial charge < -0.3 is 9.64 Å². The Bertz CT molecular complexity index is 504. The number of hydrogen-bond donors (Lipinski definition) is 1. The van der Waals surface area contributed by atoms with Crippen molar-refractivity contribution in [2.75, 3.05) is 24.6 Å². The highest BCUT2D eigenvalue weighted by molar-refractivity contribution is 5.72. The molecule has 2 heterocycles. The number of aryl methyl sites for hydroxylation is 1. The molecule has 6 nitrogen and oxygen atoms in total. The second-order valence-electron chi connectivity index (χ2n) is 4.73. The van der Waals surface area contributed by atoms with Crippen LogP contribution >= 0.6 is 0 Å². The molecule has 1 aliphatic heterocycles. The molecule has 0 unspecified atom stereocenters. The third kappa shape index (κ3) is 3.13. The molecule has 2 rings (SSSR count). The average molecular weight is 265 g/mol. The number of carbonyl (C=O) groups is 1. The minimum absolute atomic E-state index is 0.0339. The molecule has 1 aromatic rings. The van der Waals surface area contributed by atoms with Gasteiger partial charge in [-0.3, -0.25) is 14.6 Å². The van der Waals surface area contributed by atoms with E-state index in [2.05, 4.69) is 9.97 Å². The first-order valence-electron chi connectivity index (χ1n) is 6.59. The Hall–Kier alpha value is -1.85. The maximum Gasteiger partial charge on any atom is 0.309 e. The number of piperidine rings is 1. The predicted octanol–water partition coefficient (Wildman–Crippen LogP) is 0.858. The number of hydrogen-bond acceptors (Lipinski definition) is 5. The van der Waals surface area contributed by atoms with Crippen molar-refractivity contribution in [3.63, 3.8) is 0 Å². The van der Waals surface area contributed by atoms with Crippen LogP contribution in [0.25, 0.3) is 0 Å². The van der Waals surface area contributed by atoms with Gasteiger partial charge in [-0.1, -0.05) is 0 Å². The van der Waals surface area contributed by atoms with Gasteiger partial charge in [0.2, 0.25) is 5.95 Å². The fraction of sp³-hybridized carbons (Fsp3) is 0.615. The third-order valence-electron chi connectivity index (χ3n) is 3.38. The van der Waals surface area contributed by atoms with Crippen LogP contribution in [-0.2, 0) is 9.53 Å². The summed E-state index contributed by atoms with van der Waals surface area (Å²) in [5, 5.41) is 0. The van der Waals surface area contributed by atoms with Gasteiger partial charge in [0.25, 0.3) is 5.56 Å². The summed E-state index contributed by atoms with van der Waals surface area (Å²) in [6.07, 6.45) is 3.04. The number of esters is 1. The van der Waals surface area contributed by atoms with Crippen LogP contribution < -0.4 is 10.5 Å². The van der Waals surface area contributed by atoms with Gasteiger partial charge in [0.05, 0.1) is 12.5 Å². The fourth-order valence-electron chi connectivity index (χ4n) is 2.20. The zero-order chi connectivity index (χ0) is 13.8. The van der Waals surface area contributed by atoms with Gasteiger partial charge in [-0.15, -0.1) is 0 Å². The normalized spacial score (nSPS) is 16.4. The second kappa shape index (κ2) is 5.86. The average Bonchev–Trinajstić information content (AvgIpc) is 2.42. The molecule has 1 fully saturated rings. The molecule has 0 amide bonds. The van der Waals surface area contributed by atoms with E-state index in [1.807, 2.05) is 11.8 Å². The smallest absolute Gasteiger partial charge is 0.309 e. The maximum atomic E-state index is 11.6. The van der Waals surface area contributed by atoms with Crippen molar-refractivity contribution in [2.45, 2.75) is 26.7 Å². The summed E-state index contributed by atoms with van der Waals surface area (Å²) in [6.45, 7) is 5.37. The van der Waals surface area contributed by atoms with Crippen molar-refractivity contribution in [1.29, 1.82) is 0 Å². The molecule has 1 saturated heterocycles. The number of ether oxygens (including phenoxy) is 1. The van der Waals surface area contributed by atoms with Crippen LogP contribution in [0.1, 0.15) is 25.3 Å². The summed E-state index contributed by atoms with van der Waals surface area (Å²) < 4.78 is 5.03. The molecule has 0 spiro atoms. The largest absolute Gasteiger partial charge is 0.466 e. The Morgan fingerprint density at radius 3 is 2.79 bits per heavy atom. The number of carbonyl (C=O) groups excluding carboxylic acids is 1. The molecule has 1 aromatic heterocycles. The van der Waals surface area contributed by atoms with Crippen molar-refractivity contribution < 1.29 is 9.53 Å². The second-order valence-corrected chi connectivity index (χ2v) is 4.73. The number of H-pyrrole nitrogens is 1. The highest BCUT2D eigenvalue weighted by Gasteiger charge is 2.26. The standard InChI is InChI=1S/C13H19N3O3/c1-3-19-12(18)10-4-6-16(7-5-10)13-14-8-9(2)11(17)15-13/h8,10H,3-7H2,1-2H3,(H,14,15,17). The molecule has 6 heteroatoms. The van der Waals surface area contributed by atoms with Crippen LogP contribution in [0, 0.1) is 12.8 Å². The summed E-state index contributed by atoms with van der Waals surface area (Å²) in [4.78, 5) is 32.1. The minimum Gasteiger partial charge on any atom is -0.466 e. The highest BCUT2D eigenvalue weighted by atomic mass is 16.5. The van der Waals surface area contributed by atoms with Crippen molar-refractivity contribution in [2.24, 2.45) is 5.92 Å². The van der Waals surface area contributed by atoms with E-state index in [-0.39, 0.29) is 17.4 Å². The molecule has 1 aliphatic rings. The summed E-state index contributed by atoms with van der Waals surface area (Å²) in [5.74, 6) is 0.429. The van der Waals surface area contributed by atoms with Crippen molar-refractivity contribution in [3.05, 3.63) is 22.1 Å². The summed E-state index contributed by atoms with van der Waals surface area (Å²) in [5.41, 5.74) is 0.489. The maximum absolute atomic E-state index is 11.6. The molecule has 0 bridgehead atoms. The van der Waals surface area contributed by atoms with Crippen LogP contribution in [-0.4, -0.2) is 35.6 Å². The van der Waals surface area contributed by atoms with Gasteiger partial charge in [0.1, 0.15) is 0 Å². The van der Waals surface area contributed by atoms with E-state index in [0.717, 1.165) is 12.8 Å². The quantitative estimate of drug-likeness (QED) is 0.820. The SMILES string of the molecule is CCOC(=O)C1CCN(c2ncc(C)c(=O)[nH]2)CC1. The molecule has 104 valence electrons. The van der Waals surface area contributed by atoms with E-state index in [4.69, 9.17) is 4.74 Å². The topological polar surface area (TPSA) is 75.3 Å². The fourth-order valence-corrected chi connectivity index (χ4v) is 2.20. The first-order chi connectivity index (χ1) is 9.11. The first kappa shape index (κ1) is 13.6. The lowest BCUT2D eigenvalue weighted by atomic mass is 9.97. The van der Waals surface area contributed by atoms with Gasteiger partial charge in [-0.25, -0.2) is 4.98 Å². The monoisotopic (exact) mass is 265 g/mol. The van der Waals surface area contributed by atoms with E-state index in [1.165, 1.54) is 0 Å². The van der Waals surface area contributed by atoms with Crippen LogP contribution in [0.2, 0.25) is 0 Å². The van der Waals surface area contributed by atoms with Crippen molar-refractivity contribution in [1.82, 2.24) is 9.97 Å². The van der Waals surface area contributed by atoms with E-state index >= 15 is 0 Å². The molecular weight excluding hydrogens is 246 g/mol. The summed E-state index contributed by atoms with van der Waals surface area (Å²) in [6, 6.07) is 0. The number of nitrogens with one attached hydrogen (secondary N) is 1. The van der Waals surface area contributed by atoms with Crippen molar-refractivity contribution >= 4 is 11.9 Å². The highest BCUT2D eigenvalue weighted by Crippen LogP contribution is 2.21. The van der Waals surface area contributed by atoms with Gasteiger partial charge in [0, 0.05) is 24.8 Å². The van der Waals surface area contributed by atoms with E-state index in [0.29, 0.717) is 31.2 Å². The number of nitrogens with zero attached hydrogens (tertiary/aromatic N) is 2. The molecule has 0 atom stereocenters. The van der Waals surface area contributed by atoms with E-state index in [9.17, 15) is 9.59 Å². The van der Waals surface area contributed by atoms with Gasteiger partial charge >= 0.3 is 5.97 Å². The van der Waals surface area contributed by atoms with Crippen molar-refractivity contribution in [3.8, 4) is 0 Å². The molecular formula is C13H19N3O3. The number of aromatic amines is 1. The molecule has 19 heavy (non-hydrogen) atoms. The van der Waals surface area contributed by atoms with Crippen LogP contribution in [0.5, 0.6) is 0 Å². The zero-order valence-corrected chi connectivity index (χ0v) is 11.3. The zero-order valence-electron chi connectivity index (χ0n) is 11.3. The number of aromatic nitrogens is 2. The Labute approximate surface area is 111 Å². The number of rotatable bonds is 3. The number of anilines is 1. The lowest BCUT2D eigenvalue weighted by Gasteiger charge is -2.31. The molecule has 0 aliphatic carbocycles. The predicted molar refractivity (Wildman–Crippen MR) is 71.2 cm³/mol. The minimum atomic E-state index is -0.118.